The van der Waals surface area contributed by atoms with Crippen LogP contribution in [0.2, 0.25) is 0 Å². The molecule has 1 nitrogen and oxygen atoms in total. The summed E-state index contributed by atoms with van der Waals surface area (Å²) in [7, 11) is 0. The summed E-state index contributed by atoms with van der Waals surface area (Å²) in [5, 5.41) is 0. The molecule has 1 heteroatoms. The van der Waals surface area contributed by atoms with Crippen LogP contribution < -0.4 is 0 Å². The van der Waals surface area contributed by atoms with Crippen LogP contribution in [0.1, 0.15) is 126 Å². The van der Waals surface area contributed by atoms with Gasteiger partial charge in [0.15, 0.2) is 0 Å². The molecular weight excluding hydrogens is 374 g/mol. The maximum absolute atomic E-state index is 2.78. The van der Waals surface area contributed by atoms with Crippen LogP contribution in [0.4, 0.5) is 0 Å². The quantitative estimate of drug-likeness (QED) is 0.209. The Morgan fingerprint density at radius 2 is 1.19 bits per heavy atom. The molecule has 0 heterocycles. The molecule has 0 aliphatic heterocycles. The highest BCUT2D eigenvalue weighted by atomic mass is 15.1. The van der Waals surface area contributed by atoms with Crippen molar-refractivity contribution in [3.8, 4) is 0 Å². The minimum Gasteiger partial charge on any atom is -0.303 e. The summed E-state index contributed by atoms with van der Waals surface area (Å²) in [6.07, 6.45) is 17.2. The van der Waals surface area contributed by atoms with Crippen molar-refractivity contribution in [3.63, 3.8) is 0 Å². The number of hydrogen-bond donors (Lipinski definition) is 0. The lowest BCUT2D eigenvalue weighted by molar-refractivity contribution is 0.250. The average Bonchev–Trinajstić information content (AvgIpc) is 3.13. The Morgan fingerprint density at radius 1 is 0.677 bits per heavy atom. The maximum atomic E-state index is 2.78. The van der Waals surface area contributed by atoms with Crippen molar-refractivity contribution in [1.29, 1.82) is 0 Å². The summed E-state index contributed by atoms with van der Waals surface area (Å²) >= 11 is 0. The predicted octanol–water partition coefficient (Wildman–Crippen LogP) is 9.44. The van der Waals surface area contributed by atoms with Gasteiger partial charge in [-0.2, -0.15) is 0 Å². The molecule has 0 saturated heterocycles. The van der Waals surface area contributed by atoms with Crippen LogP contribution >= 0.6 is 0 Å². The van der Waals surface area contributed by atoms with Crippen molar-refractivity contribution in [2.75, 3.05) is 19.6 Å². The summed E-state index contributed by atoms with van der Waals surface area (Å²) in [6, 6.07) is 0. The molecule has 0 fully saturated rings. The minimum atomic E-state index is 0.697. The van der Waals surface area contributed by atoms with Crippen molar-refractivity contribution in [2.45, 2.75) is 126 Å². The van der Waals surface area contributed by atoms with E-state index < -0.39 is 0 Å². The second kappa shape index (κ2) is 16.1. The molecule has 182 valence electrons. The molecule has 4 unspecified atom stereocenters. The van der Waals surface area contributed by atoms with Crippen molar-refractivity contribution < 1.29 is 0 Å². The first-order valence-electron chi connectivity index (χ1n) is 14.1. The van der Waals surface area contributed by atoms with Crippen LogP contribution in [0.15, 0.2) is 22.8 Å². The molecule has 0 aromatic carbocycles. The van der Waals surface area contributed by atoms with Gasteiger partial charge in [0.1, 0.15) is 0 Å². The molecule has 0 amide bonds. The Labute approximate surface area is 197 Å². The van der Waals surface area contributed by atoms with E-state index in [0.717, 1.165) is 11.8 Å². The second-order valence-electron chi connectivity index (χ2n) is 10.5. The van der Waals surface area contributed by atoms with Gasteiger partial charge >= 0.3 is 0 Å². The van der Waals surface area contributed by atoms with Crippen molar-refractivity contribution in [3.05, 3.63) is 22.8 Å². The molecule has 0 spiro atoms. The second-order valence-corrected chi connectivity index (χ2v) is 10.5. The summed E-state index contributed by atoms with van der Waals surface area (Å²) in [5.41, 5.74) is 5.36. The van der Waals surface area contributed by atoms with Gasteiger partial charge in [-0.05, 0) is 81.5 Å². The fourth-order valence-corrected chi connectivity index (χ4v) is 5.79. The summed E-state index contributed by atoms with van der Waals surface area (Å²) in [6.45, 7) is 23.1. The highest BCUT2D eigenvalue weighted by Gasteiger charge is 2.34. The summed E-state index contributed by atoms with van der Waals surface area (Å²) in [4.78, 5) is 2.78. The number of hydrogen-bond acceptors (Lipinski definition) is 1. The van der Waals surface area contributed by atoms with Crippen LogP contribution in [-0.2, 0) is 0 Å². The van der Waals surface area contributed by atoms with E-state index in [9.17, 15) is 0 Å². The third-order valence-electron chi connectivity index (χ3n) is 7.62. The zero-order chi connectivity index (χ0) is 23.2. The molecule has 0 radical (unpaired) electrons. The number of allylic oxidation sites excluding steroid dienone is 4. The Balaban J connectivity index is 3.19. The van der Waals surface area contributed by atoms with Gasteiger partial charge in [0, 0.05) is 5.92 Å². The van der Waals surface area contributed by atoms with Gasteiger partial charge in [-0.15, -0.1) is 0 Å². The van der Waals surface area contributed by atoms with Gasteiger partial charge in [-0.25, -0.2) is 0 Å². The Morgan fingerprint density at radius 3 is 1.71 bits per heavy atom. The average molecular weight is 432 g/mol. The molecule has 0 aromatic heterocycles. The normalized spacial score (nSPS) is 19.8. The lowest BCUT2D eigenvalue weighted by atomic mass is 9.77. The number of rotatable bonds is 18. The molecule has 31 heavy (non-hydrogen) atoms. The van der Waals surface area contributed by atoms with E-state index in [4.69, 9.17) is 0 Å². The Kier molecular flexibility index (Phi) is 14.8. The summed E-state index contributed by atoms with van der Waals surface area (Å²) in [5.74, 6) is 2.86. The third kappa shape index (κ3) is 9.07. The van der Waals surface area contributed by atoms with Crippen molar-refractivity contribution in [1.82, 2.24) is 4.90 Å². The molecule has 1 rings (SSSR count). The first kappa shape index (κ1) is 28.5. The molecule has 0 bridgehead atoms. The van der Waals surface area contributed by atoms with Gasteiger partial charge in [0.05, 0.1) is 0 Å². The first-order valence-corrected chi connectivity index (χ1v) is 14.1. The van der Waals surface area contributed by atoms with Gasteiger partial charge < -0.3 is 4.90 Å². The van der Waals surface area contributed by atoms with Crippen LogP contribution in [0.5, 0.6) is 0 Å². The van der Waals surface area contributed by atoms with E-state index >= 15 is 0 Å². The van der Waals surface area contributed by atoms with Crippen LogP contribution in [-0.4, -0.2) is 24.5 Å². The molecule has 1 aliphatic carbocycles. The van der Waals surface area contributed by atoms with E-state index in [1.165, 1.54) is 90.3 Å². The first-order chi connectivity index (χ1) is 14.9. The topological polar surface area (TPSA) is 3.24 Å². The number of unbranched alkanes of at least 4 members (excludes halogenated alkanes) is 2. The third-order valence-corrected chi connectivity index (χ3v) is 7.62. The van der Waals surface area contributed by atoms with Crippen molar-refractivity contribution in [2.24, 2.45) is 23.7 Å². The molecule has 0 aromatic rings. The van der Waals surface area contributed by atoms with Crippen LogP contribution in [0.25, 0.3) is 0 Å². The van der Waals surface area contributed by atoms with Crippen LogP contribution in [0.3, 0.4) is 0 Å². The van der Waals surface area contributed by atoms with Gasteiger partial charge in [-0.1, -0.05) is 105 Å². The minimum absolute atomic E-state index is 0.697. The molecule has 1 aliphatic rings. The highest BCUT2D eigenvalue weighted by molar-refractivity contribution is 5.45. The lowest BCUT2D eigenvalue weighted by Crippen LogP contribution is -2.30. The zero-order valence-corrected chi connectivity index (χ0v) is 22.7. The smallest absolute Gasteiger partial charge is 0.00336 e. The van der Waals surface area contributed by atoms with Gasteiger partial charge in [0.25, 0.3) is 0 Å². The molecule has 0 saturated carbocycles. The predicted molar refractivity (Wildman–Crippen MR) is 142 cm³/mol. The molecular formula is C30H57N. The van der Waals surface area contributed by atoms with Gasteiger partial charge in [0.2, 0.25) is 0 Å². The SMILES string of the molecule is CCCCN(CCCC)CCC1C(C(C)CCC)=CC(C(C)CCC)=C1C(C)CCC. The fourth-order valence-electron chi connectivity index (χ4n) is 5.79. The number of nitrogens with zero attached hydrogens (tertiary/aromatic N) is 1. The standard InChI is InChI=1S/C30H57N/c1-9-14-20-31(21-15-10-2)22-19-27-28(24(6)16-11-3)23-29(25(7)17-12-4)30(27)26(8)18-13-5/h23-27H,9-22H2,1-8H3. The zero-order valence-electron chi connectivity index (χ0n) is 22.7. The van der Waals surface area contributed by atoms with E-state index in [1.807, 2.05) is 5.57 Å². The van der Waals surface area contributed by atoms with Crippen molar-refractivity contribution >= 4 is 0 Å². The van der Waals surface area contributed by atoms with Crippen LogP contribution in [0, 0.1) is 23.7 Å². The maximum Gasteiger partial charge on any atom is 0.00336 e. The van der Waals surface area contributed by atoms with E-state index in [0.29, 0.717) is 11.8 Å². The Bertz CT molecular complexity index is 521. The largest absolute Gasteiger partial charge is 0.303 e. The molecule has 0 N–H and O–H groups in total. The highest BCUT2D eigenvalue weighted by Crippen LogP contribution is 2.46. The lowest BCUT2D eigenvalue weighted by Gasteiger charge is -2.31. The molecule has 4 atom stereocenters. The monoisotopic (exact) mass is 431 g/mol. The summed E-state index contributed by atoms with van der Waals surface area (Å²) < 4.78 is 0. The van der Waals surface area contributed by atoms with Gasteiger partial charge in [-0.3, -0.25) is 0 Å². The Hall–Kier alpha value is -0.560. The van der Waals surface area contributed by atoms with E-state index in [1.54, 1.807) is 11.1 Å². The van der Waals surface area contributed by atoms with E-state index in [2.05, 4.69) is 66.4 Å². The fraction of sp³-hybridized carbons (Fsp3) is 0.867. The van der Waals surface area contributed by atoms with E-state index in [-0.39, 0.29) is 0 Å².